The standard InChI is InChI=1S/C13H16N4O2/c1-13(2,3)19-9-6-4-5-8(7-9)10-11(12(14)18)16-17-15-10/h4-7H,1-3H3,(H2,14,18)(H,15,16,17). The number of nitrogens with zero attached hydrogens (tertiary/aromatic N) is 2. The molecule has 3 N–H and O–H groups in total. The lowest BCUT2D eigenvalue weighted by molar-refractivity contribution is 0.0996. The molecule has 6 nitrogen and oxygen atoms in total. The maximum Gasteiger partial charge on any atom is 0.271 e. The number of amides is 1. The second-order valence-electron chi connectivity index (χ2n) is 5.13. The van der Waals surface area contributed by atoms with Crippen LogP contribution in [0.1, 0.15) is 31.3 Å². The third kappa shape index (κ3) is 3.09. The maximum atomic E-state index is 11.2. The summed E-state index contributed by atoms with van der Waals surface area (Å²) in [5.41, 5.74) is 6.21. The molecule has 1 aromatic heterocycles. The van der Waals surface area contributed by atoms with Crippen molar-refractivity contribution in [1.29, 1.82) is 0 Å². The van der Waals surface area contributed by atoms with Gasteiger partial charge in [-0.05, 0) is 32.9 Å². The highest BCUT2D eigenvalue weighted by atomic mass is 16.5. The van der Waals surface area contributed by atoms with E-state index < -0.39 is 5.91 Å². The molecule has 0 aliphatic carbocycles. The van der Waals surface area contributed by atoms with Crippen LogP contribution in [-0.4, -0.2) is 26.9 Å². The zero-order valence-corrected chi connectivity index (χ0v) is 11.1. The van der Waals surface area contributed by atoms with Crippen LogP contribution in [0.2, 0.25) is 0 Å². The molecule has 2 aromatic rings. The Morgan fingerprint density at radius 2 is 2.05 bits per heavy atom. The number of carbonyl (C=O) groups excluding carboxylic acids is 1. The predicted molar refractivity (Wildman–Crippen MR) is 70.7 cm³/mol. The number of aromatic nitrogens is 3. The van der Waals surface area contributed by atoms with E-state index in [0.717, 1.165) is 5.56 Å². The number of nitrogens with one attached hydrogen (secondary N) is 1. The number of hydrogen-bond acceptors (Lipinski definition) is 4. The number of ether oxygens (including phenoxy) is 1. The molecule has 1 amide bonds. The fraction of sp³-hybridized carbons (Fsp3) is 0.308. The lowest BCUT2D eigenvalue weighted by Crippen LogP contribution is -2.22. The lowest BCUT2D eigenvalue weighted by Gasteiger charge is -2.21. The first-order valence-electron chi connectivity index (χ1n) is 5.87. The monoisotopic (exact) mass is 260 g/mol. The zero-order chi connectivity index (χ0) is 14.0. The molecule has 0 unspecified atom stereocenters. The molecule has 1 aromatic carbocycles. The molecule has 0 atom stereocenters. The SMILES string of the molecule is CC(C)(C)Oc1cccc(-c2n[nH]nc2C(N)=O)c1. The van der Waals surface area contributed by atoms with Crippen molar-refractivity contribution in [3.8, 4) is 17.0 Å². The van der Waals surface area contributed by atoms with Crippen LogP contribution in [0.25, 0.3) is 11.3 Å². The maximum absolute atomic E-state index is 11.2. The summed E-state index contributed by atoms with van der Waals surface area (Å²) in [6, 6.07) is 7.30. The molecule has 2 rings (SSSR count). The van der Waals surface area contributed by atoms with Crippen LogP contribution in [0.15, 0.2) is 24.3 Å². The van der Waals surface area contributed by atoms with Crippen molar-refractivity contribution in [2.45, 2.75) is 26.4 Å². The number of primary amides is 1. The average Bonchev–Trinajstić information content (AvgIpc) is 2.75. The lowest BCUT2D eigenvalue weighted by atomic mass is 10.1. The Labute approximate surface area is 111 Å². The van der Waals surface area contributed by atoms with Gasteiger partial charge in [-0.3, -0.25) is 4.79 Å². The zero-order valence-electron chi connectivity index (χ0n) is 11.1. The minimum Gasteiger partial charge on any atom is -0.488 e. The molecule has 0 spiro atoms. The first-order valence-corrected chi connectivity index (χ1v) is 5.87. The molecular formula is C13H16N4O2. The Bertz CT molecular complexity index is 599. The van der Waals surface area contributed by atoms with E-state index in [1.54, 1.807) is 6.07 Å². The summed E-state index contributed by atoms with van der Waals surface area (Å²) >= 11 is 0. The number of carbonyl (C=O) groups is 1. The quantitative estimate of drug-likeness (QED) is 0.879. The fourth-order valence-corrected chi connectivity index (χ4v) is 1.66. The van der Waals surface area contributed by atoms with Crippen molar-refractivity contribution in [3.05, 3.63) is 30.0 Å². The molecule has 6 heteroatoms. The summed E-state index contributed by atoms with van der Waals surface area (Å²) in [6.07, 6.45) is 0. The van der Waals surface area contributed by atoms with E-state index in [9.17, 15) is 4.79 Å². The van der Waals surface area contributed by atoms with Gasteiger partial charge in [0, 0.05) is 5.56 Å². The molecule has 0 saturated heterocycles. The molecule has 0 fully saturated rings. The van der Waals surface area contributed by atoms with Gasteiger partial charge in [-0.2, -0.15) is 15.4 Å². The Morgan fingerprint density at radius 3 is 2.68 bits per heavy atom. The summed E-state index contributed by atoms with van der Waals surface area (Å²) < 4.78 is 5.77. The summed E-state index contributed by atoms with van der Waals surface area (Å²) in [5.74, 6) is 0.0781. The molecule has 0 saturated carbocycles. The molecule has 0 radical (unpaired) electrons. The van der Waals surface area contributed by atoms with Crippen molar-refractivity contribution in [1.82, 2.24) is 15.4 Å². The van der Waals surface area contributed by atoms with E-state index >= 15 is 0 Å². The average molecular weight is 260 g/mol. The number of nitrogens with two attached hydrogens (primary N) is 1. The van der Waals surface area contributed by atoms with Crippen molar-refractivity contribution in [3.63, 3.8) is 0 Å². The van der Waals surface area contributed by atoms with Crippen LogP contribution in [0.4, 0.5) is 0 Å². The third-order valence-corrected chi connectivity index (χ3v) is 2.31. The molecule has 0 bridgehead atoms. The number of rotatable bonds is 3. The van der Waals surface area contributed by atoms with Crippen LogP contribution in [-0.2, 0) is 0 Å². The van der Waals surface area contributed by atoms with E-state index in [-0.39, 0.29) is 11.3 Å². The van der Waals surface area contributed by atoms with E-state index in [1.165, 1.54) is 0 Å². The molecular weight excluding hydrogens is 244 g/mol. The van der Waals surface area contributed by atoms with Crippen LogP contribution in [0.3, 0.4) is 0 Å². The summed E-state index contributed by atoms with van der Waals surface area (Å²) in [5, 5.41) is 10.1. The minimum absolute atomic E-state index is 0.118. The van der Waals surface area contributed by atoms with Crippen LogP contribution < -0.4 is 10.5 Å². The Hall–Kier alpha value is -2.37. The van der Waals surface area contributed by atoms with Gasteiger partial charge in [-0.15, -0.1) is 0 Å². The van der Waals surface area contributed by atoms with Crippen LogP contribution >= 0.6 is 0 Å². The second-order valence-corrected chi connectivity index (χ2v) is 5.13. The van der Waals surface area contributed by atoms with Gasteiger partial charge in [0.1, 0.15) is 17.0 Å². The number of aromatic amines is 1. The van der Waals surface area contributed by atoms with Crippen molar-refractivity contribution in [2.24, 2.45) is 5.73 Å². The summed E-state index contributed by atoms with van der Waals surface area (Å²) in [4.78, 5) is 11.2. The van der Waals surface area contributed by atoms with Gasteiger partial charge in [-0.25, -0.2) is 0 Å². The molecule has 0 aliphatic heterocycles. The predicted octanol–water partition coefficient (Wildman–Crippen LogP) is 1.75. The van der Waals surface area contributed by atoms with E-state index in [2.05, 4.69) is 15.4 Å². The first-order chi connectivity index (χ1) is 8.87. The normalized spacial score (nSPS) is 11.3. The first kappa shape index (κ1) is 13.1. The Balaban J connectivity index is 2.38. The highest BCUT2D eigenvalue weighted by Gasteiger charge is 2.17. The van der Waals surface area contributed by atoms with Gasteiger partial charge < -0.3 is 10.5 Å². The topological polar surface area (TPSA) is 93.9 Å². The van der Waals surface area contributed by atoms with Crippen LogP contribution in [0, 0.1) is 0 Å². The molecule has 1 heterocycles. The van der Waals surface area contributed by atoms with Gasteiger partial charge in [0.15, 0.2) is 5.69 Å². The van der Waals surface area contributed by atoms with E-state index in [1.807, 2.05) is 39.0 Å². The van der Waals surface area contributed by atoms with Gasteiger partial charge in [-0.1, -0.05) is 12.1 Å². The largest absolute Gasteiger partial charge is 0.488 e. The number of benzene rings is 1. The van der Waals surface area contributed by atoms with Gasteiger partial charge in [0.25, 0.3) is 5.91 Å². The number of H-pyrrole nitrogens is 1. The summed E-state index contributed by atoms with van der Waals surface area (Å²) in [7, 11) is 0. The third-order valence-electron chi connectivity index (χ3n) is 2.31. The highest BCUT2D eigenvalue weighted by Crippen LogP contribution is 2.26. The minimum atomic E-state index is -0.620. The van der Waals surface area contributed by atoms with Gasteiger partial charge >= 0.3 is 0 Å². The van der Waals surface area contributed by atoms with Crippen molar-refractivity contribution in [2.75, 3.05) is 0 Å². The Kier molecular flexibility index (Phi) is 3.25. The van der Waals surface area contributed by atoms with Crippen molar-refractivity contribution >= 4 is 5.91 Å². The number of hydrogen-bond donors (Lipinski definition) is 2. The van der Waals surface area contributed by atoms with Gasteiger partial charge in [0.05, 0.1) is 0 Å². The highest BCUT2D eigenvalue weighted by molar-refractivity contribution is 5.96. The van der Waals surface area contributed by atoms with Crippen LogP contribution in [0.5, 0.6) is 5.75 Å². The van der Waals surface area contributed by atoms with Gasteiger partial charge in [0.2, 0.25) is 0 Å². The summed E-state index contributed by atoms with van der Waals surface area (Å²) in [6.45, 7) is 5.89. The van der Waals surface area contributed by atoms with Crippen molar-refractivity contribution < 1.29 is 9.53 Å². The van der Waals surface area contributed by atoms with E-state index in [4.69, 9.17) is 10.5 Å². The fourth-order valence-electron chi connectivity index (χ4n) is 1.66. The second kappa shape index (κ2) is 4.72. The molecule has 19 heavy (non-hydrogen) atoms. The Morgan fingerprint density at radius 1 is 1.32 bits per heavy atom. The molecule has 0 aliphatic rings. The van der Waals surface area contributed by atoms with E-state index in [0.29, 0.717) is 11.4 Å². The smallest absolute Gasteiger partial charge is 0.271 e. The molecule has 100 valence electrons.